The van der Waals surface area contributed by atoms with Crippen molar-refractivity contribution in [3.8, 4) is 0 Å². The molecule has 0 saturated carbocycles. The Kier molecular flexibility index (Phi) is 0.475. The Morgan fingerprint density at radius 3 is 2.75 bits per heavy atom. The lowest BCUT2D eigenvalue weighted by Crippen LogP contribution is -2.04. The van der Waals surface area contributed by atoms with Gasteiger partial charge >= 0.3 is 0 Å². The van der Waals surface area contributed by atoms with Crippen LogP contribution in [-0.4, -0.2) is 17.5 Å². The molecule has 1 aliphatic heterocycles. The molecule has 8 heavy (non-hydrogen) atoms. The lowest BCUT2D eigenvalue weighted by atomic mass is 10.2. The molecule has 0 radical (unpaired) electrons. The molecule has 0 spiro atoms. The molecule has 2 atom stereocenters. The van der Waals surface area contributed by atoms with E-state index < -0.39 is 0 Å². The van der Waals surface area contributed by atoms with Gasteiger partial charge in [-0.25, -0.2) is 0 Å². The molecule has 42 valence electrons. The van der Waals surface area contributed by atoms with Gasteiger partial charge in [-0.2, -0.15) is 0 Å². The summed E-state index contributed by atoms with van der Waals surface area (Å²) < 4.78 is 5.02. The van der Waals surface area contributed by atoms with Gasteiger partial charge in [0.05, 0.1) is 0 Å². The summed E-state index contributed by atoms with van der Waals surface area (Å²) in [5.41, 5.74) is -0.197. The first-order chi connectivity index (χ1) is 3.72. The van der Waals surface area contributed by atoms with Gasteiger partial charge < -0.3 is 4.74 Å². The number of rotatable bonds is 0. The Morgan fingerprint density at radius 2 is 2.62 bits per heavy atom. The number of hydrogen-bond acceptors (Lipinski definition) is 2. The van der Waals surface area contributed by atoms with Crippen molar-refractivity contribution in [1.29, 1.82) is 0 Å². The van der Waals surface area contributed by atoms with E-state index in [1.165, 1.54) is 0 Å². The Hall–Kier alpha value is -0.630. The quantitative estimate of drug-likeness (QED) is 0.419. The molecule has 2 rings (SSSR count). The number of carbonyl (C=O) groups excluding carboxylic acids is 1. The van der Waals surface area contributed by atoms with Crippen molar-refractivity contribution < 1.29 is 9.53 Å². The van der Waals surface area contributed by atoms with Crippen LogP contribution in [0.2, 0.25) is 0 Å². The number of epoxide rings is 1. The maximum Gasteiger partial charge on any atom is 0.187 e. The van der Waals surface area contributed by atoms with Crippen molar-refractivity contribution >= 4 is 5.78 Å². The summed E-state index contributed by atoms with van der Waals surface area (Å²) in [6.45, 7) is 1.92. The number of hydrogen-bond donors (Lipinski definition) is 0. The number of ether oxygens (including phenoxy) is 1. The fraction of sp³-hybridized carbons (Fsp3) is 0.500. The van der Waals surface area contributed by atoms with Gasteiger partial charge in [0.2, 0.25) is 0 Å². The predicted molar refractivity (Wildman–Crippen MR) is 27.4 cm³/mol. The van der Waals surface area contributed by atoms with Gasteiger partial charge in [-0.1, -0.05) is 0 Å². The molecular weight excluding hydrogens is 104 g/mol. The smallest absolute Gasteiger partial charge is 0.187 e. The first-order valence-electron chi connectivity index (χ1n) is 2.63. The minimum absolute atomic E-state index is 0.118. The third-order valence-electron chi connectivity index (χ3n) is 1.67. The van der Waals surface area contributed by atoms with Crippen LogP contribution >= 0.6 is 0 Å². The normalized spacial score (nSPS) is 49.6. The topological polar surface area (TPSA) is 29.6 Å². The van der Waals surface area contributed by atoms with Gasteiger partial charge in [-0.05, 0) is 19.1 Å². The average Bonchev–Trinajstić information content (AvgIpc) is 2.32. The summed E-state index contributed by atoms with van der Waals surface area (Å²) in [5.74, 6) is 0.118. The Bertz CT molecular complexity index is 183. The second-order valence-corrected chi connectivity index (χ2v) is 2.42. The maximum atomic E-state index is 10.6. The van der Waals surface area contributed by atoms with Crippen LogP contribution in [0.15, 0.2) is 12.2 Å². The molecule has 2 aliphatic rings. The highest BCUT2D eigenvalue weighted by Gasteiger charge is 2.57. The van der Waals surface area contributed by atoms with Crippen molar-refractivity contribution in [2.24, 2.45) is 0 Å². The van der Waals surface area contributed by atoms with Gasteiger partial charge in [0.15, 0.2) is 11.9 Å². The summed E-state index contributed by atoms with van der Waals surface area (Å²) in [4.78, 5) is 10.6. The third kappa shape index (κ3) is 0.304. The molecule has 2 unspecified atom stereocenters. The van der Waals surface area contributed by atoms with E-state index >= 15 is 0 Å². The molecule has 0 aromatic rings. The zero-order valence-corrected chi connectivity index (χ0v) is 4.55. The van der Waals surface area contributed by atoms with Gasteiger partial charge in [0.25, 0.3) is 0 Å². The molecule has 1 fully saturated rings. The van der Waals surface area contributed by atoms with Crippen LogP contribution in [0, 0.1) is 0 Å². The summed E-state index contributed by atoms with van der Waals surface area (Å²) in [6, 6.07) is 0. The Labute approximate surface area is 47.1 Å². The number of carbonyl (C=O) groups is 1. The molecule has 0 bridgehead atoms. The molecule has 2 nitrogen and oxygen atoms in total. The minimum atomic E-state index is -0.197. The zero-order chi connectivity index (χ0) is 5.78. The van der Waals surface area contributed by atoms with E-state index in [-0.39, 0.29) is 17.5 Å². The first kappa shape index (κ1) is 4.27. The highest BCUT2D eigenvalue weighted by Crippen LogP contribution is 2.42. The summed E-state index contributed by atoms with van der Waals surface area (Å²) in [6.07, 6.45) is 3.29. The van der Waals surface area contributed by atoms with E-state index in [1.54, 1.807) is 6.08 Å². The van der Waals surface area contributed by atoms with Crippen molar-refractivity contribution in [2.45, 2.75) is 18.6 Å². The summed E-state index contributed by atoms with van der Waals surface area (Å²) in [5, 5.41) is 0. The summed E-state index contributed by atoms with van der Waals surface area (Å²) in [7, 11) is 0. The third-order valence-corrected chi connectivity index (χ3v) is 1.67. The standard InChI is InChI=1S/C6H6O2/c1-6-3-2-4(7)5(6)8-6/h2-3,5H,1H3. The fourth-order valence-corrected chi connectivity index (χ4v) is 1.02. The van der Waals surface area contributed by atoms with Gasteiger partial charge in [-0.3, -0.25) is 4.79 Å². The van der Waals surface area contributed by atoms with Crippen molar-refractivity contribution in [3.63, 3.8) is 0 Å². The molecule has 1 saturated heterocycles. The van der Waals surface area contributed by atoms with Gasteiger partial charge in [0.1, 0.15) is 5.60 Å². The van der Waals surface area contributed by atoms with Crippen LogP contribution < -0.4 is 0 Å². The van der Waals surface area contributed by atoms with E-state index in [1.807, 2.05) is 13.0 Å². The lowest BCUT2D eigenvalue weighted by molar-refractivity contribution is -0.115. The molecule has 0 aromatic carbocycles. The van der Waals surface area contributed by atoms with E-state index in [0.717, 1.165) is 0 Å². The van der Waals surface area contributed by atoms with E-state index in [9.17, 15) is 4.79 Å². The van der Waals surface area contributed by atoms with Crippen LogP contribution in [0.5, 0.6) is 0 Å². The molecule has 2 heteroatoms. The first-order valence-corrected chi connectivity index (χ1v) is 2.63. The van der Waals surface area contributed by atoms with Gasteiger partial charge in [-0.15, -0.1) is 0 Å². The van der Waals surface area contributed by atoms with Crippen molar-refractivity contribution in [3.05, 3.63) is 12.2 Å². The molecule has 0 aromatic heterocycles. The predicted octanol–water partition coefficient (Wildman–Crippen LogP) is 0.283. The van der Waals surface area contributed by atoms with Crippen LogP contribution in [0.3, 0.4) is 0 Å². The van der Waals surface area contributed by atoms with Crippen LogP contribution in [0.4, 0.5) is 0 Å². The van der Waals surface area contributed by atoms with Crippen LogP contribution in [-0.2, 0) is 9.53 Å². The molecule has 0 amide bonds. The molecule has 1 aliphatic carbocycles. The van der Waals surface area contributed by atoms with Gasteiger partial charge in [0, 0.05) is 0 Å². The lowest BCUT2D eigenvalue weighted by Gasteiger charge is -1.84. The minimum Gasteiger partial charge on any atom is -0.353 e. The Balaban J connectivity index is 2.39. The molecule has 1 heterocycles. The zero-order valence-electron chi connectivity index (χ0n) is 4.55. The highest BCUT2D eigenvalue weighted by molar-refractivity contribution is 6.00. The summed E-state index contributed by atoms with van der Waals surface area (Å²) >= 11 is 0. The van der Waals surface area contributed by atoms with E-state index in [2.05, 4.69) is 0 Å². The van der Waals surface area contributed by atoms with Crippen molar-refractivity contribution in [2.75, 3.05) is 0 Å². The number of fused-ring (bicyclic) bond motifs is 1. The SMILES string of the molecule is CC12C=CC(=O)C1O2. The molecular formula is C6H6O2. The molecule has 0 N–H and O–H groups in total. The largest absolute Gasteiger partial charge is 0.353 e. The van der Waals surface area contributed by atoms with Crippen LogP contribution in [0.25, 0.3) is 0 Å². The number of ketones is 1. The average molecular weight is 110 g/mol. The van der Waals surface area contributed by atoms with E-state index in [0.29, 0.717) is 0 Å². The highest BCUT2D eigenvalue weighted by atomic mass is 16.6. The Morgan fingerprint density at radius 1 is 1.88 bits per heavy atom. The second kappa shape index (κ2) is 0.890. The second-order valence-electron chi connectivity index (χ2n) is 2.42. The van der Waals surface area contributed by atoms with Crippen LogP contribution in [0.1, 0.15) is 6.92 Å². The van der Waals surface area contributed by atoms with E-state index in [4.69, 9.17) is 4.74 Å². The van der Waals surface area contributed by atoms with Crippen molar-refractivity contribution in [1.82, 2.24) is 0 Å². The maximum absolute atomic E-state index is 10.6. The monoisotopic (exact) mass is 110 g/mol. The fourth-order valence-electron chi connectivity index (χ4n) is 1.02.